The van der Waals surface area contributed by atoms with Gasteiger partial charge in [0.2, 0.25) is 0 Å². The SMILES string of the molecule is CC1(O)C2CC3(COCC(F)(F)S(=O)(=O)O)CC4(CC14)C23. The van der Waals surface area contributed by atoms with Gasteiger partial charge in [0.15, 0.2) is 0 Å². The van der Waals surface area contributed by atoms with E-state index < -0.39 is 27.6 Å². The number of hydrogen-bond acceptors (Lipinski definition) is 4. The van der Waals surface area contributed by atoms with Crippen LogP contribution in [0.4, 0.5) is 8.78 Å². The summed E-state index contributed by atoms with van der Waals surface area (Å²) >= 11 is 0. The molecule has 0 aromatic heterocycles. The summed E-state index contributed by atoms with van der Waals surface area (Å²) in [6, 6.07) is 0. The predicted molar refractivity (Wildman–Crippen MR) is 67.1 cm³/mol. The van der Waals surface area contributed by atoms with Crippen molar-refractivity contribution >= 4 is 10.1 Å². The molecular formula is C13H18F2O5S. The highest BCUT2D eigenvalue weighted by atomic mass is 32.2. The Morgan fingerprint density at radius 1 is 1.38 bits per heavy atom. The second-order valence-electron chi connectivity index (χ2n) is 7.65. The largest absolute Gasteiger partial charge is 0.392 e. The fraction of sp³-hybridized carbons (Fsp3) is 1.00. The molecule has 0 aromatic carbocycles. The van der Waals surface area contributed by atoms with Gasteiger partial charge in [-0.15, -0.1) is 0 Å². The summed E-state index contributed by atoms with van der Waals surface area (Å²) in [4.78, 5) is 0. The molecule has 21 heavy (non-hydrogen) atoms. The van der Waals surface area contributed by atoms with Crippen LogP contribution in [0, 0.1) is 28.6 Å². The predicted octanol–water partition coefficient (Wildman–Crippen LogP) is 1.28. The molecule has 4 saturated carbocycles. The van der Waals surface area contributed by atoms with E-state index in [0.29, 0.717) is 11.8 Å². The average Bonchev–Trinajstić information content (AvgIpc) is 2.98. The van der Waals surface area contributed by atoms with E-state index in [9.17, 15) is 22.3 Å². The summed E-state index contributed by atoms with van der Waals surface area (Å²) in [5.74, 6) is 0.870. The minimum atomic E-state index is -5.43. The van der Waals surface area contributed by atoms with Crippen molar-refractivity contribution in [2.75, 3.05) is 13.2 Å². The minimum absolute atomic E-state index is 0.0732. The number of ether oxygens (including phenoxy) is 1. The second kappa shape index (κ2) is 3.44. The van der Waals surface area contributed by atoms with Crippen LogP contribution in [0.5, 0.6) is 0 Å². The Morgan fingerprint density at radius 2 is 2.05 bits per heavy atom. The lowest BCUT2D eigenvalue weighted by Crippen LogP contribution is -2.65. The van der Waals surface area contributed by atoms with Gasteiger partial charge in [-0.1, -0.05) is 0 Å². The van der Waals surface area contributed by atoms with Gasteiger partial charge < -0.3 is 9.84 Å². The van der Waals surface area contributed by atoms with Crippen LogP contribution in [0.15, 0.2) is 0 Å². The molecule has 0 radical (unpaired) electrons. The van der Waals surface area contributed by atoms with Crippen LogP contribution < -0.4 is 0 Å². The highest BCUT2D eigenvalue weighted by Crippen LogP contribution is 2.92. The fourth-order valence-corrected chi connectivity index (χ4v) is 6.11. The van der Waals surface area contributed by atoms with Gasteiger partial charge in [-0.05, 0) is 54.8 Å². The van der Waals surface area contributed by atoms with Crippen molar-refractivity contribution in [1.29, 1.82) is 0 Å². The Balaban J connectivity index is 1.39. The highest BCUT2D eigenvalue weighted by molar-refractivity contribution is 7.86. The first-order valence-electron chi connectivity index (χ1n) is 7.11. The highest BCUT2D eigenvalue weighted by Gasteiger charge is 2.90. The van der Waals surface area contributed by atoms with Crippen molar-refractivity contribution in [3.63, 3.8) is 0 Å². The third-order valence-corrected chi connectivity index (χ3v) is 7.47. The molecule has 4 aliphatic carbocycles. The molecule has 4 fully saturated rings. The molecule has 6 unspecified atom stereocenters. The molecule has 0 saturated heterocycles. The lowest BCUT2D eigenvalue weighted by Gasteiger charge is -2.67. The van der Waals surface area contributed by atoms with Crippen molar-refractivity contribution in [2.45, 2.75) is 37.0 Å². The first kappa shape index (κ1) is 14.3. The zero-order chi connectivity index (χ0) is 15.5. The molecule has 5 nitrogen and oxygen atoms in total. The molecule has 4 aliphatic rings. The molecule has 0 amide bonds. The van der Waals surface area contributed by atoms with Crippen LogP contribution >= 0.6 is 0 Å². The van der Waals surface area contributed by atoms with Crippen LogP contribution in [-0.2, 0) is 14.9 Å². The van der Waals surface area contributed by atoms with E-state index in [1.54, 1.807) is 0 Å². The quantitative estimate of drug-likeness (QED) is 0.744. The molecule has 6 atom stereocenters. The molecule has 2 N–H and O–H groups in total. The van der Waals surface area contributed by atoms with Crippen molar-refractivity contribution < 1.29 is 31.6 Å². The van der Waals surface area contributed by atoms with Gasteiger partial charge >= 0.3 is 15.4 Å². The average molecular weight is 324 g/mol. The normalized spacial score (nSPS) is 53.5. The van der Waals surface area contributed by atoms with Gasteiger partial charge in [-0.25, -0.2) is 0 Å². The van der Waals surface area contributed by atoms with Crippen LogP contribution in [0.3, 0.4) is 0 Å². The monoisotopic (exact) mass is 324 g/mol. The van der Waals surface area contributed by atoms with Crippen molar-refractivity contribution in [3.05, 3.63) is 0 Å². The van der Waals surface area contributed by atoms with E-state index in [1.165, 1.54) is 0 Å². The molecule has 8 heteroatoms. The van der Waals surface area contributed by atoms with Gasteiger partial charge in [0.05, 0.1) is 12.2 Å². The number of halogens is 2. The Labute approximate surface area is 121 Å². The smallest absolute Gasteiger partial charge is 0.390 e. The van der Waals surface area contributed by atoms with Gasteiger partial charge in [-0.2, -0.15) is 17.2 Å². The minimum Gasteiger partial charge on any atom is -0.390 e. The molecule has 0 heterocycles. The first-order chi connectivity index (χ1) is 9.46. The lowest BCUT2D eigenvalue weighted by molar-refractivity contribution is -0.236. The maximum Gasteiger partial charge on any atom is 0.392 e. The number of alkyl halides is 2. The van der Waals surface area contributed by atoms with E-state index in [-0.39, 0.29) is 23.4 Å². The maximum absolute atomic E-state index is 13.1. The lowest BCUT2D eigenvalue weighted by atomic mass is 9.38. The van der Waals surface area contributed by atoms with E-state index >= 15 is 0 Å². The van der Waals surface area contributed by atoms with E-state index in [1.807, 2.05) is 6.92 Å². The van der Waals surface area contributed by atoms with Crippen LogP contribution in [-0.4, -0.2) is 42.1 Å². The van der Waals surface area contributed by atoms with Gasteiger partial charge in [-0.3, -0.25) is 4.55 Å². The fourth-order valence-electron chi connectivity index (χ4n) is 5.87. The van der Waals surface area contributed by atoms with Crippen molar-refractivity contribution in [2.24, 2.45) is 28.6 Å². The molecule has 0 aromatic rings. The maximum atomic E-state index is 13.1. The third-order valence-electron chi connectivity index (χ3n) is 6.60. The van der Waals surface area contributed by atoms with E-state index in [2.05, 4.69) is 0 Å². The molecule has 4 rings (SSSR count). The number of hydrogen-bond donors (Lipinski definition) is 2. The number of aliphatic hydroxyl groups is 1. The Bertz CT molecular complexity index is 618. The summed E-state index contributed by atoms with van der Waals surface area (Å²) < 4.78 is 60.6. The van der Waals surface area contributed by atoms with Crippen molar-refractivity contribution in [1.82, 2.24) is 0 Å². The second-order valence-corrected chi connectivity index (χ2v) is 9.20. The summed E-state index contributed by atoms with van der Waals surface area (Å²) in [5, 5.41) is 6.22. The van der Waals surface area contributed by atoms with Crippen LogP contribution in [0.1, 0.15) is 26.2 Å². The molecular weight excluding hydrogens is 306 g/mol. The standard InChI is InChI=1S/C13H18F2O5S/c1-10(16)7-2-11(4-12(9(7)11)3-8(10)12)5-20-6-13(14,15)21(17,18)19/h7-9,16H,2-6H2,1H3,(H,17,18,19). The molecule has 0 aliphatic heterocycles. The van der Waals surface area contributed by atoms with Gasteiger partial charge in [0.25, 0.3) is 0 Å². The first-order valence-corrected chi connectivity index (χ1v) is 8.55. The molecule has 0 bridgehead atoms. The zero-order valence-corrected chi connectivity index (χ0v) is 12.4. The summed E-state index contributed by atoms with van der Waals surface area (Å²) in [7, 11) is -5.43. The zero-order valence-electron chi connectivity index (χ0n) is 11.6. The topological polar surface area (TPSA) is 83.8 Å². The van der Waals surface area contributed by atoms with Gasteiger partial charge in [0.1, 0.15) is 6.61 Å². The summed E-state index contributed by atoms with van der Waals surface area (Å²) in [5.41, 5.74) is -0.625. The van der Waals surface area contributed by atoms with Crippen molar-refractivity contribution in [3.8, 4) is 0 Å². The summed E-state index contributed by atoms with van der Waals surface area (Å²) in [6.07, 6.45) is 2.63. The Morgan fingerprint density at radius 3 is 2.62 bits per heavy atom. The Kier molecular flexibility index (Phi) is 2.34. The molecule has 120 valence electrons. The van der Waals surface area contributed by atoms with Gasteiger partial charge in [0, 0.05) is 0 Å². The number of rotatable bonds is 5. The Hall–Kier alpha value is -0.310. The van der Waals surface area contributed by atoms with E-state index in [0.717, 1.165) is 19.3 Å². The third kappa shape index (κ3) is 1.47. The van der Waals surface area contributed by atoms with Crippen LogP contribution in [0.2, 0.25) is 0 Å². The van der Waals surface area contributed by atoms with Crippen LogP contribution in [0.25, 0.3) is 0 Å². The molecule has 1 spiro atoms. The van der Waals surface area contributed by atoms with E-state index in [4.69, 9.17) is 9.29 Å². The summed E-state index contributed by atoms with van der Waals surface area (Å²) in [6.45, 7) is 0.619.